The molecule has 3 fully saturated rings. The van der Waals surface area contributed by atoms with Gasteiger partial charge in [-0.05, 0) is 43.5 Å². The number of carbonyl (C=O) groups excluding carboxylic acids is 2. The number of nitrogens with zero attached hydrogens (tertiary/aromatic N) is 4. The van der Waals surface area contributed by atoms with Crippen molar-refractivity contribution in [3.63, 3.8) is 0 Å². The fraction of sp³-hybridized carbons (Fsp3) is 0.526. The van der Waals surface area contributed by atoms with Crippen molar-refractivity contribution < 1.29 is 9.59 Å². The van der Waals surface area contributed by atoms with Gasteiger partial charge >= 0.3 is 0 Å². The highest BCUT2D eigenvalue weighted by Gasteiger charge is 2.38. The zero-order valence-corrected chi connectivity index (χ0v) is 14.2. The van der Waals surface area contributed by atoms with E-state index >= 15 is 0 Å². The maximum atomic E-state index is 12.8. The van der Waals surface area contributed by atoms with E-state index in [1.54, 1.807) is 21.9 Å². The first-order valence-electron chi connectivity index (χ1n) is 9.02. The van der Waals surface area contributed by atoms with E-state index in [2.05, 4.69) is 11.0 Å². The Morgan fingerprint density at radius 3 is 2.48 bits per heavy atom. The minimum Gasteiger partial charge on any atom is -0.335 e. The van der Waals surface area contributed by atoms with Gasteiger partial charge in [-0.3, -0.25) is 14.5 Å². The first-order valence-corrected chi connectivity index (χ1v) is 9.02. The van der Waals surface area contributed by atoms with Crippen LogP contribution < -0.4 is 4.90 Å². The highest BCUT2D eigenvalue weighted by atomic mass is 16.2. The van der Waals surface area contributed by atoms with Crippen LogP contribution in [0.5, 0.6) is 0 Å². The van der Waals surface area contributed by atoms with Crippen LogP contribution in [0, 0.1) is 11.3 Å². The zero-order valence-electron chi connectivity index (χ0n) is 14.2. The molecule has 6 nitrogen and oxygen atoms in total. The van der Waals surface area contributed by atoms with Crippen molar-refractivity contribution in [2.24, 2.45) is 0 Å². The molecule has 1 saturated carbocycles. The number of nitriles is 1. The van der Waals surface area contributed by atoms with Crippen LogP contribution >= 0.6 is 0 Å². The number of amides is 2. The van der Waals surface area contributed by atoms with Crippen molar-refractivity contribution in [2.45, 2.75) is 37.8 Å². The molecule has 1 aromatic carbocycles. The molecule has 1 aromatic rings. The lowest BCUT2D eigenvalue weighted by molar-refractivity contribution is -0.117. The van der Waals surface area contributed by atoms with E-state index in [4.69, 9.17) is 0 Å². The van der Waals surface area contributed by atoms with Gasteiger partial charge in [-0.15, -0.1) is 0 Å². The van der Waals surface area contributed by atoms with Crippen LogP contribution in [0.15, 0.2) is 24.3 Å². The van der Waals surface area contributed by atoms with Gasteiger partial charge in [0.25, 0.3) is 5.91 Å². The van der Waals surface area contributed by atoms with Crippen LogP contribution in [0.4, 0.5) is 5.69 Å². The van der Waals surface area contributed by atoms with Gasteiger partial charge in [0.05, 0.1) is 6.07 Å². The second kappa shape index (κ2) is 6.49. The Bertz CT molecular complexity index is 720. The van der Waals surface area contributed by atoms with Crippen molar-refractivity contribution in [3.05, 3.63) is 29.8 Å². The SMILES string of the molecule is N#CC1CN(C(=O)c2ccc(N3CCCC3=O)cc2)CCN1C1CC1. The van der Waals surface area contributed by atoms with E-state index in [0.29, 0.717) is 31.1 Å². The Hall–Kier alpha value is -2.39. The lowest BCUT2D eigenvalue weighted by Crippen LogP contribution is -2.54. The summed E-state index contributed by atoms with van der Waals surface area (Å²) in [6.07, 6.45) is 3.83. The second-order valence-electron chi connectivity index (χ2n) is 7.06. The average Bonchev–Trinajstić information content (AvgIpc) is 3.41. The number of carbonyl (C=O) groups is 2. The Kier molecular flexibility index (Phi) is 4.18. The quantitative estimate of drug-likeness (QED) is 0.840. The third-order valence-corrected chi connectivity index (χ3v) is 5.37. The Morgan fingerprint density at radius 2 is 1.88 bits per heavy atom. The van der Waals surface area contributed by atoms with Gasteiger partial charge in [0.15, 0.2) is 0 Å². The molecule has 2 aliphatic heterocycles. The van der Waals surface area contributed by atoms with Gasteiger partial charge in [0.1, 0.15) is 6.04 Å². The number of benzene rings is 1. The molecule has 4 rings (SSSR count). The molecular formula is C19H22N4O2. The van der Waals surface area contributed by atoms with E-state index < -0.39 is 0 Å². The minimum atomic E-state index is -0.202. The molecule has 6 heteroatoms. The smallest absolute Gasteiger partial charge is 0.253 e. The summed E-state index contributed by atoms with van der Waals surface area (Å²) in [5.41, 5.74) is 1.47. The molecule has 0 radical (unpaired) electrons. The molecule has 0 aromatic heterocycles. The maximum absolute atomic E-state index is 12.8. The van der Waals surface area contributed by atoms with Crippen LogP contribution in [0.3, 0.4) is 0 Å². The standard InChI is InChI=1S/C19H22N4O2/c20-12-17-13-21(10-11-22(17)15-7-8-15)19(25)14-3-5-16(6-4-14)23-9-1-2-18(23)24/h3-6,15,17H,1-2,7-11,13H2. The summed E-state index contributed by atoms with van der Waals surface area (Å²) in [5.74, 6) is 0.113. The van der Waals surface area contributed by atoms with Gasteiger partial charge in [0, 0.05) is 49.9 Å². The predicted octanol–water partition coefficient (Wildman–Crippen LogP) is 1.63. The first kappa shape index (κ1) is 16.1. The third kappa shape index (κ3) is 3.12. The number of rotatable bonds is 3. The van der Waals surface area contributed by atoms with Gasteiger partial charge in [0.2, 0.25) is 5.91 Å². The summed E-state index contributed by atoms with van der Waals surface area (Å²) in [7, 11) is 0. The lowest BCUT2D eigenvalue weighted by Gasteiger charge is -2.38. The van der Waals surface area contributed by atoms with Gasteiger partial charge in [-0.25, -0.2) is 0 Å². The zero-order chi connectivity index (χ0) is 17.4. The van der Waals surface area contributed by atoms with E-state index in [0.717, 1.165) is 25.2 Å². The highest BCUT2D eigenvalue weighted by Crippen LogP contribution is 2.30. The van der Waals surface area contributed by atoms with Gasteiger partial charge < -0.3 is 9.80 Å². The molecule has 1 unspecified atom stereocenters. The molecule has 2 amide bonds. The number of piperazine rings is 1. The summed E-state index contributed by atoms with van der Waals surface area (Å²) < 4.78 is 0. The fourth-order valence-electron chi connectivity index (χ4n) is 3.83. The van der Waals surface area contributed by atoms with Crippen LogP contribution in [-0.2, 0) is 4.79 Å². The van der Waals surface area contributed by atoms with Crippen molar-refractivity contribution in [2.75, 3.05) is 31.1 Å². The van der Waals surface area contributed by atoms with Crippen molar-refractivity contribution >= 4 is 17.5 Å². The summed E-state index contributed by atoms with van der Waals surface area (Å²) in [6.45, 7) is 2.66. The average molecular weight is 338 g/mol. The minimum absolute atomic E-state index is 0.0324. The summed E-state index contributed by atoms with van der Waals surface area (Å²) in [4.78, 5) is 30.4. The molecule has 0 spiro atoms. The van der Waals surface area contributed by atoms with Gasteiger partial charge in [-0.1, -0.05) is 0 Å². The Morgan fingerprint density at radius 1 is 1.12 bits per heavy atom. The van der Waals surface area contributed by atoms with E-state index in [9.17, 15) is 14.9 Å². The predicted molar refractivity (Wildman–Crippen MR) is 93.1 cm³/mol. The maximum Gasteiger partial charge on any atom is 0.253 e. The van der Waals surface area contributed by atoms with E-state index in [-0.39, 0.29) is 17.9 Å². The molecule has 3 aliphatic rings. The van der Waals surface area contributed by atoms with Crippen LogP contribution in [0.2, 0.25) is 0 Å². The van der Waals surface area contributed by atoms with Crippen molar-refractivity contribution in [3.8, 4) is 6.07 Å². The molecule has 2 heterocycles. The molecule has 0 N–H and O–H groups in total. The monoisotopic (exact) mass is 338 g/mol. The molecular weight excluding hydrogens is 316 g/mol. The Labute approximate surface area is 147 Å². The van der Waals surface area contributed by atoms with E-state index in [1.807, 2.05) is 12.1 Å². The number of anilines is 1. The van der Waals surface area contributed by atoms with Crippen LogP contribution in [0.1, 0.15) is 36.0 Å². The molecule has 1 aliphatic carbocycles. The molecule has 1 atom stereocenters. The third-order valence-electron chi connectivity index (χ3n) is 5.37. The highest BCUT2D eigenvalue weighted by molar-refractivity contribution is 5.97. The van der Waals surface area contributed by atoms with Crippen LogP contribution in [-0.4, -0.2) is 59.9 Å². The summed E-state index contributed by atoms with van der Waals surface area (Å²) in [6, 6.07) is 9.96. The summed E-state index contributed by atoms with van der Waals surface area (Å²) >= 11 is 0. The number of hydrogen-bond donors (Lipinski definition) is 0. The number of hydrogen-bond acceptors (Lipinski definition) is 4. The van der Waals surface area contributed by atoms with E-state index in [1.165, 1.54) is 12.8 Å². The Balaban J connectivity index is 1.44. The second-order valence-corrected chi connectivity index (χ2v) is 7.06. The first-order chi connectivity index (χ1) is 12.2. The molecule has 2 saturated heterocycles. The normalized spacial score (nSPS) is 24.4. The van der Waals surface area contributed by atoms with Crippen LogP contribution in [0.25, 0.3) is 0 Å². The molecule has 130 valence electrons. The fourth-order valence-corrected chi connectivity index (χ4v) is 3.83. The molecule has 25 heavy (non-hydrogen) atoms. The molecule has 0 bridgehead atoms. The topological polar surface area (TPSA) is 67.6 Å². The van der Waals surface area contributed by atoms with Crippen molar-refractivity contribution in [1.29, 1.82) is 5.26 Å². The largest absolute Gasteiger partial charge is 0.335 e. The van der Waals surface area contributed by atoms with Crippen molar-refractivity contribution in [1.82, 2.24) is 9.80 Å². The lowest BCUT2D eigenvalue weighted by atomic mass is 10.1. The van der Waals surface area contributed by atoms with Gasteiger partial charge in [-0.2, -0.15) is 5.26 Å². The summed E-state index contributed by atoms with van der Waals surface area (Å²) in [5, 5.41) is 9.42.